The van der Waals surface area contributed by atoms with E-state index >= 15 is 0 Å². The van der Waals surface area contributed by atoms with Crippen LogP contribution in [-0.2, 0) is 4.74 Å². The summed E-state index contributed by atoms with van der Waals surface area (Å²) in [5.74, 6) is 8.08. The zero-order valence-electron chi connectivity index (χ0n) is 13.3. The molecule has 6 heteroatoms. The molecule has 1 heterocycles. The maximum atomic E-state index is 5.85. The van der Waals surface area contributed by atoms with E-state index in [1.807, 2.05) is 6.92 Å². The van der Waals surface area contributed by atoms with E-state index in [4.69, 9.17) is 10.6 Å². The van der Waals surface area contributed by atoms with Crippen molar-refractivity contribution in [1.82, 2.24) is 9.97 Å². The van der Waals surface area contributed by atoms with Crippen molar-refractivity contribution in [2.24, 2.45) is 5.84 Å². The molecule has 0 radical (unpaired) electrons. The van der Waals surface area contributed by atoms with Crippen molar-refractivity contribution in [2.75, 3.05) is 23.9 Å². The van der Waals surface area contributed by atoms with Crippen LogP contribution in [0.1, 0.15) is 56.8 Å². The number of hydrogen-bond acceptors (Lipinski definition) is 6. The molecular formula is C15H27N5O. The topological polar surface area (TPSA) is 85.1 Å². The molecule has 0 amide bonds. The van der Waals surface area contributed by atoms with Crippen LogP contribution in [0.25, 0.3) is 0 Å². The molecule has 0 aromatic carbocycles. The van der Waals surface area contributed by atoms with Gasteiger partial charge in [-0.3, -0.25) is 0 Å². The molecule has 2 rings (SSSR count). The minimum Gasteiger partial charge on any atom is -0.376 e. The van der Waals surface area contributed by atoms with Crippen molar-refractivity contribution in [3.05, 3.63) is 11.4 Å². The molecule has 4 N–H and O–H groups in total. The fraction of sp³-hybridized carbons (Fsp3) is 0.733. The second-order valence-corrected chi connectivity index (χ2v) is 5.91. The van der Waals surface area contributed by atoms with Gasteiger partial charge in [-0.15, -0.1) is 0 Å². The zero-order chi connectivity index (χ0) is 15.2. The molecule has 0 bridgehead atoms. The third-order valence-electron chi connectivity index (χ3n) is 3.87. The van der Waals surface area contributed by atoms with Gasteiger partial charge in [0.05, 0.1) is 12.7 Å². The van der Waals surface area contributed by atoms with Crippen molar-refractivity contribution in [3.63, 3.8) is 0 Å². The van der Waals surface area contributed by atoms with Gasteiger partial charge in [0.1, 0.15) is 17.5 Å². The van der Waals surface area contributed by atoms with E-state index in [1.54, 1.807) is 0 Å². The van der Waals surface area contributed by atoms with Gasteiger partial charge in [0.2, 0.25) is 0 Å². The highest BCUT2D eigenvalue weighted by atomic mass is 16.5. The van der Waals surface area contributed by atoms with Crippen molar-refractivity contribution in [2.45, 2.75) is 58.5 Å². The molecule has 0 atom stereocenters. The Hall–Kier alpha value is -1.40. The predicted molar refractivity (Wildman–Crippen MR) is 85.4 cm³/mol. The summed E-state index contributed by atoms with van der Waals surface area (Å²) in [6.07, 6.45) is 5.45. The van der Waals surface area contributed by atoms with Crippen LogP contribution in [0.4, 0.5) is 11.6 Å². The molecule has 6 nitrogen and oxygen atoms in total. The first-order valence-corrected chi connectivity index (χ1v) is 7.82. The van der Waals surface area contributed by atoms with Crippen molar-refractivity contribution >= 4 is 11.6 Å². The quantitative estimate of drug-likeness (QED) is 0.407. The van der Waals surface area contributed by atoms with Gasteiger partial charge >= 0.3 is 0 Å². The minimum atomic E-state index is 0.257. The highest BCUT2D eigenvalue weighted by molar-refractivity contribution is 5.56. The Balaban J connectivity index is 1.92. The van der Waals surface area contributed by atoms with Gasteiger partial charge in [-0.2, -0.15) is 0 Å². The molecule has 1 aromatic heterocycles. The summed E-state index contributed by atoms with van der Waals surface area (Å²) in [6, 6.07) is 0. The summed E-state index contributed by atoms with van der Waals surface area (Å²) in [5.41, 5.74) is 3.58. The minimum absolute atomic E-state index is 0.257. The molecule has 1 aromatic rings. The molecular weight excluding hydrogens is 266 g/mol. The number of rotatable bonds is 7. The fourth-order valence-electron chi connectivity index (χ4n) is 2.55. The van der Waals surface area contributed by atoms with Gasteiger partial charge in [-0.25, -0.2) is 15.8 Å². The largest absolute Gasteiger partial charge is 0.376 e. The van der Waals surface area contributed by atoms with Gasteiger partial charge in [0.15, 0.2) is 0 Å². The number of nitrogen functional groups attached to an aromatic ring is 1. The first kappa shape index (κ1) is 16.0. The van der Waals surface area contributed by atoms with Crippen LogP contribution in [0, 0.1) is 6.92 Å². The maximum Gasteiger partial charge on any atom is 0.148 e. The molecule has 0 aliphatic heterocycles. The number of aromatic nitrogens is 2. The second-order valence-electron chi connectivity index (χ2n) is 5.91. The number of ether oxygens (including phenoxy) is 1. The molecule has 1 fully saturated rings. The van der Waals surface area contributed by atoms with E-state index in [0.29, 0.717) is 18.5 Å². The van der Waals surface area contributed by atoms with Crippen LogP contribution >= 0.6 is 0 Å². The molecule has 21 heavy (non-hydrogen) atoms. The number of hydrogen-bond donors (Lipinski definition) is 3. The van der Waals surface area contributed by atoms with E-state index in [0.717, 1.165) is 23.8 Å². The third kappa shape index (κ3) is 4.28. The summed E-state index contributed by atoms with van der Waals surface area (Å²) < 4.78 is 5.85. The SMILES string of the molecule is Cc1c(NN)nc(C(C)C)nc1NCCOC1CCCC1. The highest BCUT2D eigenvalue weighted by Gasteiger charge is 2.15. The Kier molecular flexibility index (Phi) is 5.76. The Morgan fingerprint density at radius 1 is 1.24 bits per heavy atom. The van der Waals surface area contributed by atoms with E-state index in [1.165, 1.54) is 25.7 Å². The van der Waals surface area contributed by atoms with Crippen LogP contribution in [-0.4, -0.2) is 29.2 Å². The summed E-state index contributed by atoms with van der Waals surface area (Å²) in [7, 11) is 0. The van der Waals surface area contributed by atoms with Crippen molar-refractivity contribution in [3.8, 4) is 0 Å². The number of hydrazine groups is 1. The smallest absolute Gasteiger partial charge is 0.148 e. The standard InChI is InChI=1S/C15H27N5O/c1-10(2)13-18-14(11(3)15(19-13)20-16)17-8-9-21-12-6-4-5-7-12/h10,12H,4-9,16H2,1-3H3,(H2,17,18,19,20). The summed E-state index contributed by atoms with van der Waals surface area (Å²) in [5, 5.41) is 3.34. The fourth-order valence-corrected chi connectivity index (χ4v) is 2.55. The Labute approximate surface area is 126 Å². The molecule has 0 unspecified atom stereocenters. The average Bonchev–Trinajstić information content (AvgIpc) is 2.98. The molecule has 1 saturated carbocycles. The first-order valence-electron chi connectivity index (χ1n) is 7.82. The Morgan fingerprint density at radius 3 is 2.52 bits per heavy atom. The van der Waals surface area contributed by atoms with Gasteiger partial charge < -0.3 is 15.5 Å². The predicted octanol–water partition coefficient (Wildman–Crippen LogP) is 2.57. The van der Waals surface area contributed by atoms with Gasteiger partial charge in [0, 0.05) is 18.0 Å². The molecule has 1 aliphatic carbocycles. The molecule has 118 valence electrons. The molecule has 1 aliphatic rings. The average molecular weight is 293 g/mol. The first-order chi connectivity index (χ1) is 10.1. The van der Waals surface area contributed by atoms with Crippen LogP contribution in [0.2, 0.25) is 0 Å². The van der Waals surface area contributed by atoms with Crippen molar-refractivity contribution in [1.29, 1.82) is 0 Å². The van der Waals surface area contributed by atoms with E-state index in [9.17, 15) is 0 Å². The Morgan fingerprint density at radius 2 is 1.90 bits per heavy atom. The summed E-state index contributed by atoms with van der Waals surface area (Å²) >= 11 is 0. The monoisotopic (exact) mass is 293 g/mol. The van der Waals surface area contributed by atoms with Crippen molar-refractivity contribution < 1.29 is 4.74 Å². The third-order valence-corrected chi connectivity index (χ3v) is 3.87. The van der Waals surface area contributed by atoms with Crippen LogP contribution < -0.4 is 16.6 Å². The van der Waals surface area contributed by atoms with Crippen LogP contribution in [0.3, 0.4) is 0 Å². The van der Waals surface area contributed by atoms with Crippen LogP contribution in [0.15, 0.2) is 0 Å². The molecule has 0 spiro atoms. The van der Waals surface area contributed by atoms with Gasteiger partial charge in [-0.1, -0.05) is 26.7 Å². The zero-order valence-corrected chi connectivity index (χ0v) is 13.3. The number of anilines is 2. The van der Waals surface area contributed by atoms with Crippen LogP contribution in [0.5, 0.6) is 0 Å². The van der Waals surface area contributed by atoms with E-state index in [2.05, 4.69) is 34.6 Å². The normalized spacial score (nSPS) is 15.7. The lowest BCUT2D eigenvalue weighted by Gasteiger charge is -2.16. The molecule has 0 saturated heterocycles. The summed E-state index contributed by atoms with van der Waals surface area (Å²) in [4.78, 5) is 9.00. The van der Waals surface area contributed by atoms with E-state index < -0.39 is 0 Å². The number of nitrogens with zero attached hydrogens (tertiary/aromatic N) is 2. The lowest BCUT2D eigenvalue weighted by Crippen LogP contribution is -2.19. The number of nitrogens with two attached hydrogens (primary N) is 1. The number of nitrogens with one attached hydrogen (secondary N) is 2. The Bertz CT molecular complexity index is 458. The van der Waals surface area contributed by atoms with E-state index in [-0.39, 0.29) is 5.92 Å². The summed E-state index contributed by atoms with van der Waals surface area (Å²) in [6.45, 7) is 7.54. The second kappa shape index (κ2) is 7.56. The maximum absolute atomic E-state index is 5.85. The van der Waals surface area contributed by atoms with Gasteiger partial charge in [-0.05, 0) is 19.8 Å². The highest BCUT2D eigenvalue weighted by Crippen LogP contribution is 2.23. The van der Waals surface area contributed by atoms with Gasteiger partial charge in [0.25, 0.3) is 0 Å². The lowest BCUT2D eigenvalue weighted by molar-refractivity contribution is 0.0658. The lowest BCUT2D eigenvalue weighted by atomic mass is 10.2.